The highest BCUT2D eigenvalue weighted by atomic mass is 16.5. The van der Waals surface area contributed by atoms with Gasteiger partial charge in [-0.1, -0.05) is 30.3 Å². The predicted octanol–water partition coefficient (Wildman–Crippen LogP) is 2.58. The van der Waals surface area contributed by atoms with Crippen molar-refractivity contribution < 1.29 is 23.8 Å². The van der Waals surface area contributed by atoms with Gasteiger partial charge < -0.3 is 19.1 Å². The molecule has 1 fully saturated rings. The molecule has 1 saturated heterocycles. The van der Waals surface area contributed by atoms with Crippen molar-refractivity contribution in [2.45, 2.75) is 32.3 Å². The summed E-state index contributed by atoms with van der Waals surface area (Å²) in [5.74, 6) is -1.16. The zero-order valence-electron chi connectivity index (χ0n) is 15.7. The molecular weight excluding hydrogens is 334 g/mol. The second-order valence-electron chi connectivity index (χ2n) is 6.42. The zero-order chi connectivity index (χ0) is 18.8. The van der Waals surface area contributed by atoms with Crippen molar-refractivity contribution in [1.82, 2.24) is 4.90 Å². The summed E-state index contributed by atoms with van der Waals surface area (Å²) in [5, 5.41) is 0. The Kier molecular flexibility index (Phi) is 8.58. The molecule has 0 spiro atoms. The Labute approximate surface area is 155 Å². The number of hydrogen-bond donors (Lipinski definition) is 0. The van der Waals surface area contributed by atoms with E-state index in [9.17, 15) is 9.59 Å². The average molecular weight is 363 g/mol. The first kappa shape index (κ1) is 20.4. The van der Waals surface area contributed by atoms with Crippen molar-refractivity contribution in [2.24, 2.45) is 5.92 Å². The van der Waals surface area contributed by atoms with Gasteiger partial charge in [0, 0.05) is 39.3 Å². The first-order chi connectivity index (χ1) is 12.7. The highest BCUT2D eigenvalue weighted by Crippen LogP contribution is 2.33. The van der Waals surface area contributed by atoms with Crippen LogP contribution in [-0.2, 0) is 23.8 Å². The monoisotopic (exact) mass is 363 g/mol. The fourth-order valence-electron chi connectivity index (χ4n) is 3.25. The van der Waals surface area contributed by atoms with Gasteiger partial charge in [-0.05, 0) is 31.7 Å². The van der Waals surface area contributed by atoms with Gasteiger partial charge in [0.1, 0.15) is 0 Å². The van der Waals surface area contributed by atoms with Crippen LogP contribution in [0, 0.1) is 5.92 Å². The first-order valence-corrected chi connectivity index (χ1v) is 9.28. The second-order valence-corrected chi connectivity index (χ2v) is 6.42. The number of benzene rings is 1. The van der Waals surface area contributed by atoms with Crippen molar-refractivity contribution in [3.8, 4) is 0 Å². The second kappa shape index (κ2) is 10.9. The number of carbonyl (C=O) groups is 2. The van der Waals surface area contributed by atoms with Crippen molar-refractivity contribution >= 4 is 11.9 Å². The van der Waals surface area contributed by atoms with Crippen LogP contribution in [0.3, 0.4) is 0 Å². The minimum Gasteiger partial charge on any atom is -0.459 e. The van der Waals surface area contributed by atoms with Crippen LogP contribution < -0.4 is 0 Å². The molecule has 1 aliphatic heterocycles. The predicted molar refractivity (Wildman–Crippen MR) is 97.6 cm³/mol. The van der Waals surface area contributed by atoms with Crippen LogP contribution in [0.1, 0.15) is 37.9 Å². The van der Waals surface area contributed by atoms with Gasteiger partial charge in [0.15, 0.2) is 0 Å². The van der Waals surface area contributed by atoms with E-state index in [0.717, 1.165) is 31.4 Å². The third kappa shape index (κ3) is 5.81. The summed E-state index contributed by atoms with van der Waals surface area (Å²) in [6, 6.07) is 10.1. The molecule has 0 bridgehead atoms. The molecular formula is C20H29NO5. The molecule has 6 nitrogen and oxygen atoms in total. The van der Waals surface area contributed by atoms with E-state index < -0.39 is 11.9 Å². The maximum absolute atomic E-state index is 12.2. The maximum Gasteiger partial charge on any atom is 0.397 e. The lowest BCUT2D eigenvalue weighted by molar-refractivity contribution is -0.159. The van der Waals surface area contributed by atoms with Crippen LogP contribution >= 0.6 is 0 Å². The van der Waals surface area contributed by atoms with E-state index in [4.69, 9.17) is 14.2 Å². The normalized spacial score (nSPS) is 17.9. The molecule has 6 heteroatoms. The van der Waals surface area contributed by atoms with Gasteiger partial charge in [0.25, 0.3) is 0 Å². The molecule has 1 aromatic carbocycles. The Hall–Kier alpha value is -1.92. The van der Waals surface area contributed by atoms with E-state index in [1.165, 1.54) is 0 Å². The van der Waals surface area contributed by atoms with E-state index in [1.807, 2.05) is 18.2 Å². The summed E-state index contributed by atoms with van der Waals surface area (Å²) in [7, 11) is 1.70. The van der Waals surface area contributed by atoms with E-state index in [0.29, 0.717) is 19.7 Å². The minimum atomic E-state index is -0.773. The summed E-state index contributed by atoms with van der Waals surface area (Å²) in [4.78, 5) is 25.4. The number of unbranched alkanes of at least 4 members (excludes halogenated alkanes) is 1. The minimum absolute atomic E-state index is 0.0845. The molecule has 26 heavy (non-hydrogen) atoms. The number of esters is 1. The van der Waals surface area contributed by atoms with E-state index in [2.05, 4.69) is 12.1 Å². The third-order valence-corrected chi connectivity index (χ3v) is 4.56. The van der Waals surface area contributed by atoms with Gasteiger partial charge in [0.2, 0.25) is 0 Å². The van der Waals surface area contributed by atoms with Crippen molar-refractivity contribution in [1.29, 1.82) is 0 Å². The van der Waals surface area contributed by atoms with E-state index in [1.54, 1.807) is 18.9 Å². The van der Waals surface area contributed by atoms with Gasteiger partial charge in [-0.15, -0.1) is 0 Å². The fourth-order valence-corrected chi connectivity index (χ4v) is 3.25. The van der Waals surface area contributed by atoms with Gasteiger partial charge in [-0.25, -0.2) is 4.79 Å². The fraction of sp³-hybridized carbons (Fsp3) is 0.600. The van der Waals surface area contributed by atoms with Crippen LogP contribution in [0.15, 0.2) is 30.3 Å². The third-order valence-electron chi connectivity index (χ3n) is 4.56. The molecule has 0 aromatic heterocycles. The zero-order valence-corrected chi connectivity index (χ0v) is 15.7. The standard InChI is InChI=1S/C20H29NO5/c1-3-25-20(23)19(22)21-12-11-17(15-21)18(16-9-5-4-6-10-16)26-14-8-7-13-24-2/h4-6,9-10,17-18H,3,7-8,11-15H2,1-2H3. The van der Waals surface area contributed by atoms with Crippen molar-refractivity contribution in [3.05, 3.63) is 35.9 Å². The summed E-state index contributed by atoms with van der Waals surface area (Å²) >= 11 is 0. The van der Waals surface area contributed by atoms with Crippen molar-refractivity contribution in [3.63, 3.8) is 0 Å². The smallest absolute Gasteiger partial charge is 0.397 e. The molecule has 1 heterocycles. The van der Waals surface area contributed by atoms with E-state index in [-0.39, 0.29) is 18.6 Å². The average Bonchev–Trinajstić information content (AvgIpc) is 3.14. The van der Waals surface area contributed by atoms with Gasteiger partial charge >= 0.3 is 11.9 Å². The SMILES string of the molecule is CCOC(=O)C(=O)N1CCC(C(OCCCCOC)c2ccccc2)C1. The highest BCUT2D eigenvalue weighted by molar-refractivity contribution is 6.32. The number of nitrogens with zero attached hydrogens (tertiary/aromatic N) is 1. The topological polar surface area (TPSA) is 65.1 Å². The van der Waals surface area contributed by atoms with Crippen LogP contribution in [0.25, 0.3) is 0 Å². The molecule has 1 aromatic rings. The van der Waals surface area contributed by atoms with Crippen LogP contribution in [-0.4, -0.2) is 56.8 Å². The molecule has 0 saturated carbocycles. The quantitative estimate of drug-likeness (QED) is 0.383. The lowest BCUT2D eigenvalue weighted by Gasteiger charge is -2.25. The number of methoxy groups -OCH3 is 1. The largest absolute Gasteiger partial charge is 0.459 e. The van der Waals surface area contributed by atoms with Crippen LogP contribution in [0.2, 0.25) is 0 Å². The Morgan fingerprint density at radius 3 is 2.62 bits per heavy atom. The summed E-state index contributed by atoms with van der Waals surface area (Å²) in [6.45, 7) is 4.34. The number of ether oxygens (including phenoxy) is 3. The number of amides is 1. The van der Waals surface area contributed by atoms with Crippen LogP contribution in [0.5, 0.6) is 0 Å². The van der Waals surface area contributed by atoms with E-state index >= 15 is 0 Å². The molecule has 2 atom stereocenters. The molecule has 144 valence electrons. The van der Waals surface area contributed by atoms with Gasteiger partial charge in [-0.2, -0.15) is 0 Å². The molecule has 2 rings (SSSR count). The van der Waals surface area contributed by atoms with Crippen LogP contribution in [0.4, 0.5) is 0 Å². The molecule has 0 radical (unpaired) electrons. The Morgan fingerprint density at radius 1 is 1.19 bits per heavy atom. The lowest BCUT2D eigenvalue weighted by atomic mass is 9.95. The summed E-state index contributed by atoms with van der Waals surface area (Å²) < 4.78 is 16.1. The maximum atomic E-state index is 12.2. The molecule has 2 unspecified atom stereocenters. The lowest BCUT2D eigenvalue weighted by Crippen LogP contribution is -2.36. The molecule has 1 aliphatic rings. The van der Waals surface area contributed by atoms with Crippen molar-refractivity contribution in [2.75, 3.05) is 40.0 Å². The Morgan fingerprint density at radius 2 is 1.92 bits per heavy atom. The Balaban J connectivity index is 1.97. The number of carbonyl (C=O) groups excluding carboxylic acids is 2. The first-order valence-electron chi connectivity index (χ1n) is 9.28. The molecule has 1 amide bonds. The number of likely N-dealkylation sites (tertiary alicyclic amines) is 1. The molecule has 0 N–H and O–H groups in total. The van der Waals surface area contributed by atoms with Gasteiger partial charge in [0.05, 0.1) is 12.7 Å². The molecule has 0 aliphatic carbocycles. The van der Waals surface area contributed by atoms with Gasteiger partial charge in [-0.3, -0.25) is 4.79 Å². The highest BCUT2D eigenvalue weighted by Gasteiger charge is 2.35. The number of hydrogen-bond acceptors (Lipinski definition) is 5. The summed E-state index contributed by atoms with van der Waals surface area (Å²) in [5.41, 5.74) is 1.11. The summed E-state index contributed by atoms with van der Waals surface area (Å²) in [6.07, 6.45) is 2.60. The Bertz CT molecular complexity index is 563. The number of rotatable bonds is 9.